The highest BCUT2D eigenvalue weighted by atomic mass is 32.2. The quantitative estimate of drug-likeness (QED) is 0.848. The molecule has 0 saturated heterocycles. The molecule has 2 saturated carbocycles. The maximum Gasteiger partial charge on any atom is 0.0389 e. The number of thioether (sulfide) groups is 1. The SMILES string of the molecule is NC(CSC1CCCC1)c1ccccc1C1CCC1. The molecule has 1 unspecified atom stereocenters. The van der Waals surface area contributed by atoms with Gasteiger partial charge >= 0.3 is 0 Å². The van der Waals surface area contributed by atoms with Crippen LogP contribution < -0.4 is 5.73 Å². The van der Waals surface area contributed by atoms with Gasteiger partial charge in [0.1, 0.15) is 0 Å². The lowest BCUT2D eigenvalue weighted by Gasteiger charge is -2.29. The first-order chi connectivity index (χ1) is 9.34. The minimum atomic E-state index is 0.224. The molecule has 0 radical (unpaired) electrons. The van der Waals surface area contributed by atoms with Gasteiger partial charge in [-0.2, -0.15) is 11.8 Å². The van der Waals surface area contributed by atoms with Crippen LogP contribution >= 0.6 is 11.8 Å². The van der Waals surface area contributed by atoms with Crippen LogP contribution in [0.2, 0.25) is 0 Å². The van der Waals surface area contributed by atoms with Crippen molar-refractivity contribution in [2.75, 3.05) is 5.75 Å². The maximum absolute atomic E-state index is 6.47. The lowest BCUT2D eigenvalue weighted by atomic mass is 9.77. The summed E-state index contributed by atoms with van der Waals surface area (Å²) in [7, 11) is 0. The Balaban J connectivity index is 1.63. The molecule has 2 heteroatoms. The summed E-state index contributed by atoms with van der Waals surface area (Å²) in [6.07, 6.45) is 9.77. The Labute approximate surface area is 121 Å². The lowest BCUT2D eigenvalue weighted by molar-refractivity contribution is 0.416. The van der Waals surface area contributed by atoms with Crippen LogP contribution in [-0.2, 0) is 0 Å². The molecule has 2 N–H and O–H groups in total. The predicted molar refractivity (Wildman–Crippen MR) is 84.7 cm³/mol. The summed E-state index contributed by atoms with van der Waals surface area (Å²) in [5.41, 5.74) is 9.42. The fourth-order valence-electron chi connectivity index (χ4n) is 3.32. The zero-order chi connectivity index (χ0) is 13.1. The summed E-state index contributed by atoms with van der Waals surface area (Å²) < 4.78 is 0. The monoisotopic (exact) mass is 275 g/mol. The lowest BCUT2D eigenvalue weighted by Crippen LogP contribution is -2.19. The molecule has 0 bridgehead atoms. The van der Waals surface area contributed by atoms with Gasteiger partial charge in [0.15, 0.2) is 0 Å². The molecule has 0 aliphatic heterocycles. The summed E-state index contributed by atoms with van der Waals surface area (Å²) in [6.45, 7) is 0. The molecule has 0 heterocycles. The third-order valence-electron chi connectivity index (χ3n) is 4.75. The highest BCUT2D eigenvalue weighted by Gasteiger charge is 2.24. The van der Waals surface area contributed by atoms with E-state index in [1.807, 2.05) is 0 Å². The van der Waals surface area contributed by atoms with Crippen LogP contribution in [0.15, 0.2) is 24.3 Å². The smallest absolute Gasteiger partial charge is 0.0389 e. The van der Waals surface area contributed by atoms with Gasteiger partial charge in [0.25, 0.3) is 0 Å². The first kappa shape index (κ1) is 13.5. The first-order valence-electron chi connectivity index (χ1n) is 7.80. The van der Waals surface area contributed by atoms with E-state index in [9.17, 15) is 0 Å². The average Bonchev–Trinajstić information content (AvgIpc) is 2.88. The Morgan fingerprint density at radius 1 is 1.05 bits per heavy atom. The Morgan fingerprint density at radius 2 is 1.79 bits per heavy atom. The molecule has 1 atom stereocenters. The molecule has 3 rings (SSSR count). The minimum Gasteiger partial charge on any atom is -0.323 e. The zero-order valence-electron chi connectivity index (χ0n) is 11.7. The number of benzene rings is 1. The van der Waals surface area contributed by atoms with Crippen molar-refractivity contribution in [3.63, 3.8) is 0 Å². The van der Waals surface area contributed by atoms with Gasteiger partial charge < -0.3 is 5.73 Å². The van der Waals surface area contributed by atoms with Crippen LogP contribution in [0.5, 0.6) is 0 Å². The minimum absolute atomic E-state index is 0.224. The molecule has 2 aliphatic carbocycles. The standard InChI is InChI=1S/C17H25NS/c18-17(12-19-14-8-1-2-9-14)16-11-4-3-10-15(16)13-6-5-7-13/h3-4,10-11,13-14,17H,1-2,5-9,12,18H2. The van der Waals surface area contributed by atoms with E-state index < -0.39 is 0 Å². The van der Waals surface area contributed by atoms with Crippen LogP contribution in [0.25, 0.3) is 0 Å². The molecule has 104 valence electrons. The number of hydrogen-bond acceptors (Lipinski definition) is 2. The zero-order valence-corrected chi connectivity index (χ0v) is 12.5. The molecule has 2 fully saturated rings. The third-order valence-corrected chi connectivity index (χ3v) is 6.25. The van der Waals surface area contributed by atoms with Gasteiger partial charge in [0, 0.05) is 17.0 Å². The Kier molecular flexibility index (Phi) is 4.49. The van der Waals surface area contributed by atoms with Crippen LogP contribution in [0.3, 0.4) is 0 Å². The van der Waals surface area contributed by atoms with Crippen molar-refractivity contribution in [3.8, 4) is 0 Å². The third kappa shape index (κ3) is 3.17. The second-order valence-electron chi connectivity index (χ2n) is 6.10. The molecular weight excluding hydrogens is 250 g/mol. The fraction of sp³-hybridized carbons (Fsp3) is 0.647. The van der Waals surface area contributed by atoms with Gasteiger partial charge in [-0.05, 0) is 42.7 Å². The van der Waals surface area contributed by atoms with Crippen molar-refractivity contribution < 1.29 is 0 Å². The van der Waals surface area contributed by atoms with Crippen LogP contribution in [0, 0.1) is 0 Å². The summed E-state index contributed by atoms with van der Waals surface area (Å²) in [4.78, 5) is 0. The molecule has 1 aromatic carbocycles. The Hall–Kier alpha value is -0.470. The number of rotatable bonds is 5. The molecule has 0 aromatic heterocycles. The van der Waals surface area contributed by atoms with E-state index in [2.05, 4.69) is 36.0 Å². The van der Waals surface area contributed by atoms with Crippen molar-refractivity contribution in [1.82, 2.24) is 0 Å². The summed E-state index contributed by atoms with van der Waals surface area (Å²) in [5.74, 6) is 1.88. The van der Waals surface area contributed by atoms with Crippen molar-refractivity contribution in [1.29, 1.82) is 0 Å². The second kappa shape index (κ2) is 6.32. The van der Waals surface area contributed by atoms with Crippen LogP contribution in [-0.4, -0.2) is 11.0 Å². The van der Waals surface area contributed by atoms with Crippen molar-refractivity contribution in [2.24, 2.45) is 5.73 Å². The molecule has 0 amide bonds. The van der Waals surface area contributed by atoms with E-state index >= 15 is 0 Å². The Morgan fingerprint density at radius 3 is 2.47 bits per heavy atom. The van der Waals surface area contributed by atoms with Crippen LogP contribution in [0.1, 0.15) is 68.0 Å². The molecule has 2 aliphatic rings. The highest BCUT2D eigenvalue weighted by molar-refractivity contribution is 7.99. The highest BCUT2D eigenvalue weighted by Crippen LogP contribution is 2.40. The van der Waals surface area contributed by atoms with E-state index in [1.165, 1.54) is 56.1 Å². The van der Waals surface area contributed by atoms with Gasteiger partial charge in [0.05, 0.1) is 0 Å². The topological polar surface area (TPSA) is 26.0 Å². The van der Waals surface area contributed by atoms with E-state index in [4.69, 9.17) is 5.73 Å². The first-order valence-corrected chi connectivity index (χ1v) is 8.85. The van der Waals surface area contributed by atoms with Gasteiger partial charge in [-0.1, -0.05) is 43.5 Å². The normalized spacial score (nSPS) is 22.4. The summed E-state index contributed by atoms with van der Waals surface area (Å²) in [6, 6.07) is 9.11. The fourth-order valence-corrected chi connectivity index (χ4v) is 4.65. The molecule has 19 heavy (non-hydrogen) atoms. The number of nitrogens with two attached hydrogens (primary N) is 1. The molecular formula is C17H25NS. The van der Waals surface area contributed by atoms with Crippen molar-refractivity contribution in [3.05, 3.63) is 35.4 Å². The summed E-state index contributed by atoms with van der Waals surface area (Å²) >= 11 is 2.11. The largest absolute Gasteiger partial charge is 0.323 e. The average molecular weight is 275 g/mol. The van der Waals surface area contributed by atoms with Crippen molar-refractivity contribution >= 4 is 11.8 Å². The van der Waals surface area contributed by atoms with Gasteiger partial charge in [-0.3, -0.25) is 0 Å². The van der Waals surface area contributed by atoms with E-state index in [1.54, 1.807) is 0 Å². The van der Waals surface area contributed by atoms with E-state index in [-0.39, 0.29) is 6.04 Å². The van der Waals surface area contributed by atoms with Crippen LogP contribution in [0.4, 0.5) is 0 Å². The van der Waals surface area contributed by atoms with Crippen molar-refractivity contribution in [2.45, 2.75) is 62.2 Å². The van der Waals surface area contributed by atoms with Gasteiger partial charge in [0.2, 0.25) is 0 Å². The number of hydrogen-bond donors (Lipinski definition) is 1. The molecule has 1 nitrogen and oxygen atoms in total. The maximum atomic E-state index is 6.47. The molecule has 0 spiro atoms. The van der Waals surface area contributed by atoms with Gasteiger partial charge in [-0.25, -0.2) is 0 Å². The second-order valence-corrected chi connectivity index (χ2v) is 7.44. The van der Waals surface area contributed by atoms with E-state index in [0.717, 1.165) is 16.9 Å². The Bertz CT molecular complexity index is 407. The summed E-state index contributed by atoms with van der Waals surface area (Å²) in [5, 5.41) is 0.877. The predicted octanol–water partition coefficient (Wildman–Crippen LogP) is 4.63. The van der Waals surface area contributed by atoms with E-state index in [0.29, 0.717) is 0 Å². The van der Waals surface area contributed by atoms with Gasteiger partial charge in [-0.15, -0.1) is 0 Å². The molecule has 1 aromatic rings.